The van der Waals surface area contributed by atoms with Crippen molar-refractivity contribution in [1.29, 1.82) is 0 Å². The molecule has 0 spiro atoms. The molecule has 0 bridgehead atoms. The van der Waals surface area contributed by atoms with Crippen molar-refractivity contribution in [3.8, 4) is 0 Å². The first-order valence-corrected chi connectivity index (χ1v) is 3.05. The molecule has 0 radical (unpaired) electrons. The predicted octanol–water partition coefficient (Wildman–Crippen LogP) is 0.290. The summed E-state index contributed by atoms with van der Waals surface area (Å²) < 4.78 is 0. The third kappa shape index (κ3) is 2.50. The fourth-order valence-corrected chi connectivity index (χ4v) is 0.304. The summed E-state index contributed by atoms with van der Waals surface area (Å²) in [6.45, 7) is 4.15. The Labute approximate surface area is 55.2 Å². The van der Waals surface area contributed by atoms with Gasteiger partial charge in [0.25, 0.3) is 0 Å². The summed E-state index contributed by atoms with van der Waals surface area (Å²) in [4.78, 5) is 0. The zero-order valence-corrected chi connectivity index (χ0v) is 6.07. The van der Waals surface area contributed by atoms with Gasteiger partial charge in [-0.1, -0.05) is 0 Å². The molecule has 2 nitrogen and oxygen atoms in total. The van der Waals surface area contributed by atoms with Crippen molar-refractivity contribution in [1.82, 2.24) is 0 Å². The summed E-state index contributed by atoms with van der Waals surface area (Å²) in [7, 11) is 0. The van der Waals surface area contributed by atoms with Crippen molar-refractivity contribution in [3.05, 3.63) is 0 Å². The van der Waals surface area contributed by atoms with E-state index in [1.54, 1.807) is 0 Å². The van der Waals surface area contributed by atoms with Crippen LogP contribution in [-0.4, -0.2) is 17.5 Å². The molecule has 0 saturated carbocycles. The van der Waals surface area contributed by atoms with Gasteiger partial charge < -0.3 is 11.5 Å². The van der Waals surface area contributed by atoms with Crippen molar-refractivity contribution in [3.63, 3.8) is 0 Å². The molecule has 4 N–H and O–H groups in total. The molecule has 0 aliphatic carbocycles. The van der Waals surface area contributed by atoms with E-state index in [9.17, 15) is 0 Å². The molecule has 1 unspecified atom stereocenters. The topological polar surface area (TPSA) is 52.0 Å². The molecule has 0 heterocycles. The molecule has 0 fully saturated rings. The Morgan fingerprint density at radius 1 is 1.62 bits per heavy atom. The van der Waals surface area contributed by atoms with E-state index in [1.807, 2.05) is 13.8 Å². The van der Waals surface area contributed by atoms with E-state index in [0.29, 0.717) is 6.54 Å². The number of halogens is 1. The summed E-state index contributed by atoms with van der Waals surface area (Å²) in [6.07, 6.45) is 0. The van der Waals surface area contributed by atoms with E-state index in [2.05, 4.69) is 0 Å². The smallest absolute Gasteiger partial charge is 0.0632 e. The van der Waals surface area contributed by atoms with Crippen LogP contribution in [0.2, 0.25) is 0 Å². The first-order valence-electron chi connectivity index (χ1n) is 2.61. The van der Waals surface area contributed by atoms with Gasteiger partial charge >= 0.3 is 0 Å². The molecule has 0 aliphatic rings. The molecule has 1 atom stereocenters. The van der Waals surface area contributed by atoms with E-state index in [4.69, 9.17) is 23.1 Å². The predicted molar refractivity (Wildman–Crippen MR) is 37.0 cm³/mol. The van der Waals surface area contributed by atoms with Gasteiger partial charge in [-0.3, -0.25) is 0 Å². The van der Waals surface area contributed by atoms with Gasteiger partial charge in [-0.2, -0.15) is 0 Å². The Balaban J connectivity index is 3.62. The maximum absolute atomic E-state index is 5.69. The number of alkyl halides is 1. The third-order valence-electron chi connectivity index (χ3n) is 1.01. The highest BCUT2D eigenvalue weighted by Gasteiger charge is 2.20. The van der Waals surface area contributed by atoms with E-state index in [-0.39, 0.29) is 10.9 Å². The van der Waals surface area contributed by atoms with Gasteiger partial charge in [-0.25, -0.2) is 0 Å². The molecular formula is C5H13ClN2. The van der Waals surface area contributed by atoms with Crippen molar-refractivity contribution in [2.45, 2.75) is 24.8 Å². The van der Waals surface area contributed by atoms with Crippen molar-refractivity contribution in [2.24, 2.45) is 11.5 Å². The molecule has 8 heavy (non-hydrogen) atoms. The van der Waals surface area contributed by atoms with Crippen molar-refractivity contribution in [2.75, 3.05) is 6.54 Å². The number of hydrogen-bond donors (Lipinski definition) is 2. The normalized spacial score (nSPS) is 16.1. The number of nitrogens with two attached hydrogens (primary N) is 2. The minimum atomic E-state index is -0.351. The number of hydrogen-bond acceptors (Lipinski definition) is 2. The lowest BCUT2D eigenvalue weighted by molar-refractivity contribution is 0.492. The molecule has 50 valence electrons. The second kappa shape index (κ2) is 2.67. The minimum Gasteiger partial charge on any atom is -0.329 e. The highest BCUT2D eigenvalue weighted by molar-refractivity contribution is 6.21. The molecule has 0 saturated heterocycles. The third-order valence-corrected chi connectivity index (χ3v) is 1.75. The quantitative estimate of drug-likeness (QED) is 0.537. The van der Waals surface area contributed by atoms with Gasteiger partial charge in [-0.15, -0.1) is 11.6 Å². The summed E-state index contributed by atoms with van der Waals surface area (Å²) in [5.41, 5.74) is 10.5. The molecule has 0 amide bonds. The Morgan fingerprint density at radius 2 is 2.00 bits per heavy atom. The second-order valence-corrected chi connectivity index (χ2v) is 3.05. The van der Waals surface area contributed by atoms with Crippen LogP contribution in [0, 0.1) is 0 Å². The summed E-state index contributed by atoms with van der Waals surface area (Å²) in [5.74, 6) is 0. The van der Waals surface area contributed by atoms with Crippen LogP contribution in [0.1, 0.15) is 13.8 Å². The van der Waals surface area contributed by atoms with Crippen LogP contribution in [0.5, 0.6) is 0 Å². The standard InChI is InChI=1S/C5H13ClN2/c1-5(2,8)4(6)3-7/h4H,3,7-8H2,1-2H3. The van der Waals surface area contributed by atoms with Crippen LogP contribution in [-0.2, 0) is 0 Å². The summed E-state index contributed by atoms with van der Waals surface area (Å²) in [6, 6.07) is 0. The molecule has 0 rings (SSSR count). The maximum Gasteiger partial charge on any atom is 0.0632 e. The molecular weight excluding hydrogens is 124 g/mol. The SMILES string of the molecule is CC(C)(N)C(Cl)CN. The minimum absolute atomic E-state index is 0.123. The lowest BCUT2D eigenvalue weighted by Gasteiger charge is -2.23. The Bertz CT molecular complexity index is 67.3. The van der Waals surface area contributed by atoms with E-state index < -0.39 is 0 Å². The molecule has 0 aromatic rings. The fraction of sp³-hybridized carbons (Fsp3) is 1.00. The van der Waals surface area contributed by atoms with Crippen LogP contribution in [0.25, 0.3) is 0 Å². The van der Waals surface area contributed by atoms with Gasteiger partial charge in [0, 0.05) is 12.1 Å². The first-order chi connectivity index (χ1) is 3.48. The average Bonchev–Trinajstić information content (AvgIpc) is 1.62. The fourth-order valence-electron chi connectivity index (χ4n) is 0.304. The van der Waals surface area contributed by atoms with Crippen LogP contribution >= 0.6 is 11.6 Å². The zero-order chi connectivity index (χ0) is 6.78. The van der Waals surface area contributed by atoms with E-state index >= 15 is 0 Å². The Hall–Kier alpha value is 0.210. The van der Waals surface area contributed by atoms with Crippen LogP contribution in [0.3, 0.4) is 0 Å². The van der Waals surface area contributed by atoms with E-state index in [0.717, 1.165) is 0 Å². The lowest BCUT2D eigenvalue weighted by Crippen LogP contribution is -2.45. The van der Waals surface area contributed by atoms with Gasteiger partial charge in [0.15, 0.2) is 0 Å². The van der Waals surface area contributed by atoms with Gasteiger partial charge in [0.1, 0.15) is 0 Å². The van der Waals surface area contributed by atoms with Crippen molar-refractivity contribution < 1.29 is 0 Å². The highest BCUT2D eigenvalue weighted by atomic mass is 35.5. The molecule has 0 aromatic heterocycles. The average molecular weight is 137 g/mol. The van der Waals surface area contributed by atoms with Crippen LogP contribution < -0.4 is 11.5 Å². The van der Waals surface area contributed by atoms with Crippen molar-refractivity contribution >= 4 is 11.6 Å². The largest absolute Gasteiger partial charge is 0.329 e. The molecule has 3 heteroatoms. The van der Waals surface area contributed by atoms with Crippen LogP contribution in [0.15, 0.2) is 0 Å². The molecule has 0 aromatic carbocycles. The highest BCUT2D eigenvalue weighted by Crippen LogP contribution is 2.09. The molecule has 0 aliphatic heterocycles. The summed E-state index contributed by atoms with van der Waals surface area (Å²) >= 11 is 5.69. The van der Waals surface area contributed by atoms with Gasteiger partial charge in [-0.05, 0) is 13.8 Å². The number of rotatable bonds is 2. The zero-order valence-electron chi connectivity index (χ0n) is 5.32. The monoisotopic (exact) mass is 136 g/mol. The van der Waals surface area contributed by atoms with E-state index in [1.165, 1.54) is 0 Å². The van der Waals surface area contributed by atoms with Gasteiger partial charge in [0.05, 0.1) is 5.38 Å². The van der Waals surface area contributed by atoms with Gasteiger partial charge in [0.2, 0.25) is 0 Å². The Kier molecular flexibility index (Phi) is 2.74. The Morgan fingerprint density at radius 3 is 2.00 bits per heavy atom. The maximum atomic E-state index is 5.69. The lowest BCUT2D eigenvalue weighted by atomic mass is 10.0. The first kappa shape index (κ1) is 8.21. The second-order valence-electron chi connectivity index (χ2n) is 2.52. The summed E-state index contributed by atoms with van der Waals surface area (Å²) in [5, 5.41) is -0.123. The van der Waals surface area contributed by atoms with Crippen LogP contribution in [0.4, 0.5) is 0 Å².